The molecule has 0 saturated heterocycles. The van der Waals surface area contributed by atoms with Crippen molar-refractivity contribution in [3.05, 3.63) is 24.0 Å². The minimum Gasteiger partial charge on any atom is -0.396 e. The molecule has 112 valence electrons. The Morgan fingerprint density at radius 2 is 2.15 bits per heavy atom. The van der Waals surface area contributed by atoms with E-state index in [2.05, 4.69) is 5.32 Å². The average Bonchev–Trinajstić information content (AvgIpc) is 2.39. The summed E-state index contributed by atoms with van der Waals surface area (Å²) in [5.74, 6) is -0.714. The van der Waals surface area contributed by atoms with E-state index in [1.807, 2.05) is 11.9 Å². The minimum absolute atomic E-state index is 0.00193. The van der Waals surface area contributed by atoms with Crippen LogP contribution < -0.4 is 11.1 Å². The van der Waals surface area contributed by atoms with Crippen LogP contribution in [0.15, 0.2) is 18.2 Å². The number of nitrogens with two attached hydrogens (primary N) is 1. The summed E-state index contributed by atoms with van der Waals surface area (Å²) in [7, 11) is 1.81. The molecule has 1 aromatic carbocycles. The first-order chi connectivity index (χ1) is 9.31. The van der Waals surface area contributed by atoms with Gasteiger partial charge in [-0.05, 0) is 45.5 Å². The van der Waals surface area contributed by atoms with E-state index < -0.39 is 11.9 Å². The molecule has 0 saturated carbocycles. The highest BCUT2D eigenvalue weighted by Gasteiger charge is 2.18. The summed E-state index contributed by atoms with van der Waals surface area (Å²) in [6, 6.07) is 3.70. The molecule has 0 radical (unpaired) electrons. The van der Waals surface area contributed by atoms with Crippen molar-refractivity contribution in [2.24, 2.45) is 0 Å². The van der Waals surface area contributed by atoms with Crippen molar-refractivity contribution in [1.29, 1.82) is 0 Å². The first-order valence-corrected chi connectivity index (χ1v) is 6.55. The maximum Gasteiger partial charge on any atom is 0.241 e. The van der Waals surface area contributed by atoms with E-state index >= 15 is 0 Å². The molecule has 0 spiro atoms. The quantitative estimate of drug-likeness (QED) is 0.690. The van der Waals surface area contributed by atoms with E-state index in [4.69, 9.17) is 5.73 Å². The van der Waals surface area contributed by atoms with Gasteiger partial charge in [-0.3, -0.25) is 9.69 Å². The lowest BCUT2D eigenvalue weighted by atomic mass is 10.2. The lowest BCUT2D eigenvalue weighted by molar-refractivity contribution is -0.120. The highest BCUT2D eigenvalue weighted by Crippen LogP contribution is 2.16. The summed E-state index contributed by atoms with van der Waals surface area (Å²) >= 11 is 0. The van der Waals surface area contributed by atoms with E-state index in [9.17, 15) is 14.3 Å². The number of hydrogen-bond acceptors (Lipinski definition) is 4. The summed E-state index contributed by atoms with van der Waals surface area (Å²) in [5.41, 5.74) is 5.91. The van der Waals surface area contributed by atoms with Crippen molar-refractivity contribution in [2.45, 2.75) is 32.4 Å². The molecule has 6 heteroatoms. The summed E-state index contributed by atoms with van der Waals surface area (Å²) in [4.78, 5) is 13.9. The Bertz CT molecular complexity index is 466. The number of carbonyl (C=O) groups is 1. The third kappa shape index (κ3) is 4.79. The van der Waals surface area contributed by atoms with Gasteiger partial charge in [-0.25, -0.2) is 4.39 Å². The number of hydrogen-bond donors (Lipinski definition) is 3. The number of benzene rings is 1. The minimum atomic E-state index is -0.509. The van der Waals surface area contributed by atoms with E-state index in [1.54, 1.807) is 13.8 Å². The Balaban J connectivity index is 2.58. The zero-order valence-corrected chi connectivity index (χ0v) is 12.1. The van der Waals surface area contributed by atoms with Crippen LogP contribution in [0.25, 0.3) is 0 Å². The first kappa shape index (κ1) is 16.4. The predicted molar refractivity (Wildman–Crippen MR) is 77.8 cm³/mol. The number of nitrogen functional groups attached to an aromatic ring is 1. The molecule has 0 bridgehead atoms. The third-order valence-corrected chi connectivity index (χ3v) is 3.20. The lowest BCUT2D eigenvalue weighted by Crippen LogP contribution is -2.40. The molecule has 5 nitrogen and oxygen atoms in total. The third-order valence-electron chi connectivity index (χ3n) is 3.20. The van der Waals surface area contributed by atoms with Gasteiger partial charge in [0.15, 0.2) is 0 Å². The van der Waals surface area contributed by atoms with Crippen LogP contribution in [0.4, 0.5) is 15.8 Å². The standard InChI is InChI=1S/C14H22FN3O2/c1-9(19)6-7-18(3)10(2)14(20)17-11-4-5-12(15)13(16)8-11/h4-5,8-10,19H,6-7,16H2,1-3H3,(H,17,20). The maximum absolute atomic E-state index is 13.0. The number of rotatable bonds is 6. The van der Waals surface area contributed by atoms with Crippen LogP contribution in [0.2, 0.25) is 0 Å². The van der Waals surface area contributed by atoms with E-state index in [1.165, 1.54) is 18.2 Å². The van der Waals surface area contributed by atoms with Crippen LogP contribution in [-0.2, 0) is 4.79 Å². The molecular weight excluding hydrogens is 261 g/mol. The van der Waals surface area contributed by atoms with Gasteiger partial charge in [-0.2, -0.15) is 0 Å². The van der Waals surface area contributed by atoms with Crippen LogP contribution in [-0.4, -0.2) is 41.7 Å². The smallest absolute Gasteiger partial charge is 0.241 e. The first-order valence-electron chi connectivity index (χ1n) is 6.55. The number of aliphatic hydroxyl groups is 1. The highest BCUT2D eigenvalue weighted by atomic mass is 19.1. The normalized spacial score (nSPS) is 14.1. The number of anilines is 2. The molecular formula is C14H22FN3O2. The monoisotopic (exact) mass is 283 g/mol. The van der Waals surface area contributed by atoms with Gasteiger partial charge in [0.1, 0.15) is 5.82 Å². The highest BCUT2D eigenvalue weighted by molar-refractivity contribution is 5.94. The molecule has 0 aliphatic rings. The Kier molecular flexibility index (Phi) is 5.91. The molecule has 4 N–H and O–H groups in total. The van der Waals surface area contributed by atoms with Gasteiger partial charge in [0, 0.05) is 12.2 Å². The second-order valence-corrected chi connectivity index (χ2v) is 5.02. The number of likely N-dealkylation sites (N-methyl/N-ethyl adjacent to an activating group) is 1. The van der Waals surface area contributed by atoms with Crippen molar-refractivity contribution in [3.63, 3.8) is 0 Å². The molecule has 1 amide bonds. The summed E-state index contributed by atoms with van der Waals surface area (Å²) in [6.45, 7) is 4.09. The van der Waals surface area contributed by atoms with Gasteiger partial charge in [-0.15, -0.1) is 0 Å². The molecule has 0 aliphatic heterocycles. The van der Waals surface area contributed by atoms with Crippen molar-refractivity contribution >= 4 is 17.3 Å². The molecule has 2 unspecified atom stereocenters. The van der Waals surface area contributed by atoms with Gasteiger partial charge >= 0.3 is 0 Å². The number of nitrogens with one attached hydrogen (secondary N) is 1. The van der Waals surface area contributed by atoms with Gasteiger partial charge in [-0.1, -0.05) is 0 Å². The zero-order chi connectivity index (χ0) is 15.3. The number of carbonyl (C=O) groups excluding carboxylic acids is 1. The van der Waals surface area contributed by atoms with Gasteiger partial charge < -0.3 is 16.2 Å². The maximum atomic E-state index is 13.0. The van der Waals surface area contributed by atoms with Gasteiger partial charge in [0.05, 0.1) is 17.8 Å². The van der Waals surface area contributed by atoms with E-state index in [0.29, 0.717) is 18.7 Å². The van der Waals surface area contributed by atoms with Crippen LogP contribution in [0, 0.1) is 5.82 Å². The molecule has 0 aliphatic carbocycles. The van der Waals surface area contributed by atoms with Crippen LogP contribution >= 0.6 is 0 Å². The topological polar surface area (TPSA) is 78.6 Å². The second kappa shape index (κ2) is 7.21. The largest absolute Gasteiger partial charge is 0.396 e. The van der Waals surface area contributed by atoms with Crippen molar-refractivity contribution in [2.75, 3.05) is 24.6 Å². The number of amides is 1. The summed E-state index contributed by atoms with van der Waals surface area (Å²) < 4.78 is 13.0. The van der Waals surface area contributed by atoms with Crippen molar-refractivity contribution < 1.29 is 14.3 Å². The average molecular weight is 283 g/mol. The molecule has 0 aromatic heterocycles. The fraction of sp³-hybridized carbons (Fsp3) is 0.500. The van der Waals surface area contributed by atoms with Crippen molar-refractivity contribution in [3.8, 4) is 0 Å². The molecule has 1 aromatic rings. The fourth-order valence-corrected chi connectivity index (χ4v) is 1.65. The molecule has 1 rings (SSSR count). The Morgan fingerprint density at radius 3 is 2.70 bits per heavy atom. The van der Waals surface area contributed by atoms with Crippen LogP contribution in [0.3, 0.4) is 0 Å². The van der Waals surface area contributed by atoms with Crippen LogP contribution in [0.5, 0.6) is 0 Å². The Labute approximate surface area is 118 Å². The fourth-order valence-electron chi connectivity index (χ4n) is 1.65. The molecule has 0 fully saturated rings. The molecule has 20 heavy (non-hydrogen) atoms. The van der Waals surface area contributed by atoms with Gasteiger partial charge in [0.25, 0.3) is 0 Å². The summed E-state index contributed by atoms with van der Waals surface area (Å²) in [6.07, 6.45) is 0.196. The Hall–Kier alpha value is -1.66. The SMILES string of the molecule is CC(O)CCN(C)C(C)C(=O)Nc1ccc(F)c(N)c1. The zero-order valence-electron chi connectivity index (χ0n) is 12.1. The lowest BCUT2D eigenvalue weighted by Gasteiger charge is -2.24. The Morgan fingerprint density at radius 1 is 1.50 bits per heavy atom. The van der Waals surface area contributed by atoms with Crippen LogP contribution in [0.1, 0.15) is 20.3 Å². The van der Waals surface area contributed by atoms with Gasteiger partial charge in [0.2, 0.25) is 5.91 Å². The molecule has 2 atom stereocenters. The summed E-state index contributed by atoms with van der Waals surface area (Å²) in [5, 5.41) is 11.9. The van der Waals surface area contributed by atoms with Crippen molar-refractivity contribution in [1.82, 2.24) is 4.90 Å². The number of aliphatic hydroxyl groups excluding tert-OH is 1. The van der Waals surface area contributed by atoms with E-state index in [-0.39, 0.29) is 17.6 Å². The predicted octanol–water partition coefficient (Wildman–Crippen LogP) is 1.44. The molecule has 0 heterocycles. The second-order valence-electron chi connectivity index (χ2n) is 5.02. The number of halogens is 1. The number of nitrogens with zero attached hydrogens (tertiary/aromatic N) is 1. The van der Waals surface area contributed by atoms with E-state index in [0.717, 1.165) is 0 Å².